The zero-order valence-corrected chi connectivity index (χ0v) is 18.6. The first kappa shape index (κ1) is 20.9. The third kappa shape index (κ3) is 3.96. The van der Waals surface area contributed by atoms with Crippen LogP contribution in [0.2, 0.25) is 0 Å². The minimum atomic E-state index is -0.297. The van der Waals surface area contributed by atoms with Crippen molar-refractivity contribution in [3.05, 3.63) is 65.9 Å². The van der Waals surface area contributed by atoms with Gasteiger partial charge in [-0.2, -0.15) is 5.26 Å². The van der Waals surface area contributed by atoms with E-state index in [4.69, 9.17) is 4.74 Å². The molecule has 1 aromatic heterocycles. The lowest BCUT2D eigenvalue weighted by Gasteiger charge is -2.42. The Morgan fingerprint density at radius 3 is 2.69 bits per heavy atom. The Labute approximate surface area is 189 Å². The van der Waals surface area contributed by atoms with E-state index in [-0.39, 0.29) is 24.0 Å². The Morgan fingerprint density at radius 2 is 1.88 bits per heavy atom. The summed E-state index contributed by atoms with van der Waals surface area (Å²) in [6.45, 7) is 3.62. The first-order valence-corrected chi connectivity index (χ1v) is 11.8. The second-order valence-corrected chi connectivity index (χ2v) is 9.44. The summed E-state index contributed by atoms with van der Waals surface area (Å²) >= 11 is 0. The average Bonchev–Trinajstić information content (AvgIpc) is 3.19. The molecule has 32 heavy (non-hydrogen) atoms. The van der Waals surface area contributed by atoms with Crippen LogP contribution in [0.4, 0.5) is 0 Å². The Hall–Kier alpha value is -2.97. The van der Waals surface area contributed by atoms with Gasteiger partial charge in [-0.25, -0.2) is 0 Å². The number of nitrogens with one attached hydrogen (secondary N) is 1. The van der Waals surface area contributed by atoms with Gasteiger partial charge in [0.1, 0.15) is 11.9 Å². The van der Waals surface area contributed by atoms with E-state index in [2.05, 4.69) is 42.4 Å². The summed E-state index contributed by atoms with van der Waals surface area (Å²) in [6.07, 6.45) is 5.38. The Bertz CT molecular complexity index is 1100. The molecule has 0 bridgehead atoms. The zero-order valence-electron chi connectivity index (χ0n) is 18.6. The maximum Gasteiger partial charge on any atom is 0.179 e. The number of nitrogens with zero attached hydrogens (tertiary/aromatic N) is 2. The minimum absolute atomic E-state index is 0.131. The molecular weight excluding hydrogens is 398 g/mol. The van der Waals surface area contributed by atoms with E-state index in [0.29, 0.717) is 12.5 Å². The standard InChI is InChI=1S/C27H31N3O2/c1-18-23-15-26(32-20-7-3-2-4-8-20)27-22(21-9-5-6-10-24(21)29-27)13-14-30(17-28)16-19(23)11-12-25(18)31/h2-10,18-19,23,25-26,29,31H,11-16H2,1H3/t18-,19+,23-,25+,26-/m1/s1. The fourth-order valence-electron chi connectivity index (χ4n) is 5.82. The van der Waals surface area contributed by atoms with E-state index in [1.807, 2.05) is 35.2 Å². The number of nitriles is 1. The summed E-state index contributed by atoms with van der Waals surface area (Å²) in [6, 6.07) is 18.4. The molecule has 5 rings (SSSR count). The molecule has 2 aliphatic rings. The zero-order chi connectivity index (χ0) is 22.1. The van der Waals surface area contributed by atoms with Crippen molar-refractivity contribution in [3.8, 4) is 11.9 Å². The molecule has 3 aromatic rings. The summed E-state index contributed by atoms with van der Waals surface area (Å²) < 4.78 is 6.64. The van der Waals surface area contributed by atoms with Crippen LogP contribution in [0.3, 0.4) is 0 Å². The molecule has 5 nitrogen and oxygen atoms in total. The van der Waals surface area contributed by atoms with Crippen LogP contribution in [-0.4, -0.2) is 34.2 Å². The van der Waals surface area contributed by atoms with Gasteiger partial charge in [-0.15, -0.1) is 0 Å². The number of fused-ring (bicyclic) bond motifs is 4. The lowest BCUT2D eigenvalue weighted by molar-refractivity contribution is -0.0145. The van der Waals surface area contributed by atoms with Crippen LogP contribution in [0, 0.1) is 29.2 Å². The second kappa shape index (κ2) is 8.88. The molecular formula is C27H31N3O2. The van der Waals surface area contributed by atoms with Gasteiger partial charge in [0.05, 0.1) is 11.8 Å². The number of aliphatic hydroxyl groups is 1. The number of rotatable bonds is 2. The van der Waals surface area contributed by atoms with E-state index in [1.54, 1.807) is 0 Å². The average molecular weight is 430 g/mol. The Balaban J connectivity index is 1.61. The molecule has 0 radical (unpaired) electrons. The molecule has 1 saturated carbocycles. The quantitative estimate of drug-likeness (QED) is 0.560. The van der Waals surface area contributed by atoms with E-state index in [1.165, 1.54) is 10.9 Å². The van der Waals surface area contributed by atoms with Gasteiger partial charge in [0.15, 0.2) is 6.19 Å². The van der Waals surface area contributed by atoms with Gasteiger partial charge in [0, 0.05) is 24.0 Å². The van der Waals surface area contributed by atoms with Crippen LogP contribution in [0.25, 0.3) is 10.9 Å². The van der Waals surface area contributed by atoms with Gasteiger partial charge in [0.25, 0.3) is 0 Å². The molecule has 0 saturated heterocycles. The number of H-pyrrole nitrogens is 1. The van der Waals surface area contributed by atoms with Crippen molar-refractivity contribution in [2.75, 3.05) is 13.1 Å². The molecule has 1 aliphatic heterocycles. The highest BCUT2D eigenvalue weighted by atomic mass is 16.5. The van der Waals surface area contributed by atoms with Gasteiger partial charge in [-0.05, 0) is 67.2 Å². The van der Waals surface area contributed by atoms with Crippen molar-refractivity contribution in [2.45, 2.75) is 44.8 Å². The Morgan fingerprint density at radius 1 is 1.09 bits per heavy atom. The molecule has 1 aliphatic carbocycles. The predicted molar refractivity (Wildman–Crippen MR) is 125 cm³/mol. The molecule has 2 heterocycles. The molecule has 0 unspecified atom stereocenters. The van der Waals surface area contributed by atoms with Crippen molar-refractivity contribution in [2.24, 2.45) is 17.8 Å². The first-order valence-electron chi connectivity index (χ1n) is 11.8. The highest BCUT2D eigenvalue weighted by Gasteiger charge is 2.40. The van der Waals surface area contributed by atoms with Crippen molar-refractivity contribution in [3.63, 3.8) is 0 Å². The fourth-order valence-corrected chi connectivity index (χ4v) is 5.82. The molecule has 166 valence electrons. The molecule has 2 aromatic carbocycles. The summed E-state index contributed by atoms with van der Waals surface area (Å²) in [5.74, 6) is 1.68. The molecule has 5 heteroatoms. The lowest BCUT2D eigenvalue weighted by Crippen LogP contribution is -2.43. The van der Waals surface area contributed by atoms with Gasteiger partial charge in [0.2, 0.25) is 0 Å². The largest absolute Gasteiger partial charge is 0.484 e. The number of hydrogen-bond acceptors (Lipinski definition) is 4. The van der Waals surface area contributed by atoms with Crippen molar-refractivity contribution in [1.82, 2.24) is 9.88 Å². The Kier molecular flexibility index (Phi) is 5.80. The van der Waals surface area contributed by atoms with Gasteiger partial charge in [-0.3, -0.25) is 0 Å². The normalized spacial score (nSPS) is 28.4. The number of hydrogen-bond donors (Lipinski definition) is 2. The van der Waals surface area contributed by atoms with Crippen molar-refractivity contribution >= 4 is 10.9 Å². The smallest absolute Gasteiger partial charge is 0.179 e. The number of aromatic amines is 1. The molecule has 5 atom stereocenters. The highest BCUT2D eigenvalue weighted by molar-refractivity contribution is 5.84. The number of para-hydroxylation sites is 2. The van der Waals surface area contributed by atoms with Crippen LogP contribution in [0.1, 0.15) is 43.5 Å². The molecule has 0 spiro atoms. The maximum atomic E-state index is 10.7. The van der Waals surface area contributed by atoms with Crippen molar-refractivity contribution < 1.29 is 9.84 Å². The van der Waals surface area contributed by atoms with Crippen LogP contribution in [-0.2, 0) is 6.42 Å². The van der Waals surface area contributed by atoms with E-state index in [0.717, 1.165) is 49.2 Å². The summed E-state index contributed by atoms with van der Waals surface area (Å²) in [5, 5.41) is 21.7. The summed E-state index contributed by atoms with van der Waals surface area (Å²) in [4.78, 5) is 5.59. The topological polar surface area (TPSA) is 72.3 Å². The third-order valence-corrected chi connectivity index (χ3v) is 7.63. The van der Waals surface area contributed by atoms with Gasteiger partial charge >= 0.3 is 0 Å². The monoisotopic (exact) mass is 429 g/mol. The predicted octanol–water partition coefficient (Wildman–Crippen LogP) is 5.04. The molecule has 2 N–H and O–H groups in total. The SMILES string of the molecule is C[C@@H]1[C@H]2C[C@@H](Oc3ccccc3)c3[nH]c4ccccc4c3CCN(C#N)C[C@@H]2CC[C@@H]1O. The van der Waals surface area contributed by atoms with Crippen LogP contribution in [0.15, 0.2) is 54.6 Å². The summed E-state index contributed by atoms with van der Waals surface area (Å²) in [5.41, 5.74) is 3.46. The third-order valence-electron chi connectivity index (χ3n) is 7.63. The fraction of sp³-hybridized carbons (Fsp3) is 0.444. The number of aromatic nitrogens is 1. The molecule has 0 amide bonds. The first-order chi connectivity index (χ1) is 15.6. The van der Waals surface area contributed by atoms with Crippen molar-refractivity contribution in [1.29, 1.82) is 5.26 Å². The highest BCUT2D eigenvalue weighted by Crippen LogP contribution is 2.43. The van der Waals surface area contributed by atoms with Crippen LogP contribution >= 0.6 is 0 Å². The van der Waals surface area contributed by atoms with Crippen LogP contribution < -0.4 is 4.74 Å². The number of benzene rings is 2. The van der Waals surface area contributed by atoms with E-state index < -0.39 is 0 Å². The molecule has 1 fully saturated rings. The van der Waals surface area contributed by atoms with Gasteiger partial charge < -0.3 is 19.7 Å². The maximum absolute atomic E-state index is 10.7. The van der Waals surface area contributed by atoms with E-state index in [9.17, 15) is 10.4 Å². The van der Waals surface area contributed by atoms with Crippen LogP contribution in [0.5, 0.6) is 5.75 Å². The number of ether oxygens (including phenoxy) is 1. The van der Waals surface area contributed by atoms with E-state index >= 15 is 0 Å². The second-order valence-electron chi connectivity index (χ2n) is 9.44. The minimum Gasteiger partial charge on any atom is -0.484 e. The lowest BCUT2D eigenvalue weighted by atomic mass is 9.68. The van der Waals surface area contributed by atoms with Gasteiger partial charge in [-0.1, -0.05) is 43.3 Å². The number of aliphatic hydroxyl groups excluding tert-OH is 1. The summed E-state index contributed by atoms with van der Waals surface area (Å²) in [7, 11) is 0.